The maximum atomic E-state index is 13.0. The minimum atomic E-state index is -0.544. The van der Waals surface area contributed by atoms with Gasteiger partial charge in [0.25, 0.3) is 0 Å². The van der Waals surface area contributed by atoms with Crippen LogP contribution in [0.3, 0.4) is 0 Å². The summed E-state index contributed by atoms with van der Waals surface area (Å²) in [6, 6.07) is 7.01. The molecule has 0 aromatic heterocycles. The number of allylic oxidation sites excluding steroid dienone is 1. The van der Waals surface area contributed by atoms with Crippen molar-refractivity contribution in [2.75, 3.05) is 13.4 Å². The van der Waals surface area contributed by atoms with Crippen LogP contribution in [-0.4, -0.2) is 31.3 Å². The van der Waals surface area contributed by atoms with Crippen molar-refractivity contribution in [3.8, 4) is 17.2 Å². The molecular weight excluding hydrogens is 468 g/mol. The van der Waals surface area contributed by atoms with Gasteiger partial charge in [0.15, 0.2) is 18.7 Å². The molecule has 3 heterocycles. The van der Waals surface area contributed by atoms with Gasteiger partial charge in [-0.1, -0.05) is 15.9 Å². The standard InChI is InChI=1S/C23H19BrO7/c1-12-17(31-23(26)18-3-2-6-28-18)5-4-16-20(25)19(30-21(12)16)9-13-7-15(24)8-14-10-27-11-29-22(13)14/h4-5,7-9,18H,2-3,6,10-11H2,1H3/b19-9-. The predicted molar refractivity (Wildman–Crippen MR) is 113 cm³/mol. The van der Waals surface area contributed by atoms with E-state index in [2.05, 4.69) is 15.9 Å². The van der Waals surface area contributed by atoms with E-state index in [1.807, 2.05) is 12.1 Å². The van der Waals surface area contributed by atoms with Crippen molar-refractivity contribution >= 4 is 33.8 Å². The Morgan fingerprint density at radius 2 is 2.13 bits per heavy atom. The SMILES string of the molecule is Cc1c(OC(=O)C2CCCO2)ccc2c1O/C(=C\c1cc(Br)cc3c1OCOC3)C2=O. The normalized spacial score (nSPS) is 20.8. The average molecular weight is 487 g/mol. The second kappa shape index (κ2) is 8.11. The highest BCUT2D eigenvalue weighted by Crippen LogP contribution is 2.41. The molecule has 0 amide bonds. The van der Waals surface area contributed by atoms with E-state index < -0.39 is 12.1 Å². The number of carbonyl (C=O) groups excluding carboxylic acids is 2. The summed E-state index contributed by atoms with van der Waals surface area (Å²) in [6.45, 7) is 2.90. The lowest BCUT2D eigenvalue weighted by molar-refractivity contribution is -0.144. The average Bonchev–Trinajstić information content (AvgIpc) is 3.40. The summed E-state index contributed by atoms with van der Waals surface area (Å²) in [5, 5.41) is 0. The molecule has 0 N–H and O–H groups in total. The van der Waals surface area contributed by atoms with E-state index in [-0.39, 0.29) is 18.3 Å². The topological polar surface area (TPSA) is 80.3 Å². The molecule has 8 heteroatoms. The van der Waals surface area contributed by atoms with Crippen molar-refractivity contribution in [3.63, 3.8) is 0 Å². The number of hydrogen-bond acceptors (Lipinski definition) is 7. The molecule has 160 valence electrons. The Hall–Kier alpha value is -2.68. The summed E-state index contributed by atoms with van der Waals surface area (Å²) >= 11 is 3.48. The molecule has 0 saturated carbocycles. The van der Waals surface area contributed by atoms with E-state index in [4.69, 9.17) is 23.7 Å². The third-order valence-electron chi connectivity index (χ3n) is 5.43. The number of halogens is 1. The van der Waals surface area contributed by atoms with Gasteiger partial charge in [0.2, 0.25) is 5.78 Å². The first-order chi connectivity index (χ1) is 15.0. The Balaban J connectivity index is 1.44. The molecule has 1 atom stereocenters. The Bertz CT molecular complexity index is 1120. The van der Waals surface area contributed by atoms with Crippen molar-refractivity contribution < 1.29 is 33.3 Å². The number of ketones is 1. The van der Waals surface area contributed by atoms with Crippen LogP contribution in [0, 0.1) is 6.92 Å². The quantitative estimate of drug-likeness (QED) is 0.362. The van der Waals surface area contributed by atoms with Gasteiger partial charge in [-0.3, -0.25) is 4.79 Å². The fourth-order valence-corrected chi connectivity index (χ4v) is 4.40. The van der Waals surface area contributed by atoms with Crippen molar-refractivity contribution in [2.45, 2.75) is 32.5 Å². The van der Waals surface area contributed by atoms with Crippen molar-refractivity contribution in [1.29, 1.82) is 0 Å². The van der Waals surface area contributed by atoms with Gasteiger partial charge in [-0.25, -0.2) is 4.79 Å². The highest BCUT2D eigenvalue weighted by Gasteiger charge is 2.32. The van der Waals surface area contributed by atoms with Gasteiger partial charge < -0.3 is 23.7 Å². The summed E-state index contributed by atoms with van der Waals surface area (Å²) in [5.74, 6) is 0.917. The zero-order valence-electron chi connectivity index (χ0n) is 16.7. The number of ether oxygens (including phenoxy) is 5. The van der Waals surface area contributed by atoms with Crippen LogP contribution in [0.2, 0.25) is 0 Å². The molecule has 31 heavy (non-hydrogen) atoms. The fourth-order valence-electron chi connectivity index (χ4n) is 3.87. The molecule has 2 aromatic rings. The summed E-state index contributed by atoms with van der Waals surface area (Å²) in [7, 11) is 0. The first kappa shape index (κ1) is 20.2. The molecule has 2 aromatic carbocycles. The van der Waals surface area contributed by atoms with Gasteiger partial charge >= 0.3 is 5.97 Å². The molecule has 7 nitrogen and oxygen atoms in total. The van der Waals surface area contributed by atoms with Crippen LogP contribution in [0.25, 0.3) is 6.08 Å². The minimum Gasteiger partial charge on any atom is -0.467 e. The van der Waals surface area contributed by atoms with Crippen LogP contribution in [0.1, 0.15) is 39.9 Å². The molecule has 1 fully saturated rings. The van der Waals surface area contributed by atoms with Crippen molar-refractivity contribution in [2.24, 2.45) is 0 Å². The van der Waals surface area contributed by atoms with Crippen LogP contribution in [0.5, 0.6) is 17.2 Å². The van der Waals surface area contributed by atoms with E-state index in [0.717, 1.165) is 16.5 Å². The van der Waals surface area contributed by atoms with Crippen LogP contribution >= 0.6 is 15.9 Å². The number of esters is 1. The lowest BCUT2D eigenvalue weighted by Gasteiger charge is -2.20. The summed E-state index contributed by atoms with van der Waals surface area (Å²) in [4.78, 5) is 25.3. The van der Waals surface area contributed by atoms with E-state index in [9.17, 15) is 9.59 Å². The Labute approximate surface area is 187 Å². The zero-order valence-corrected chi connectivity index (χ0v) is 18.3. The molecular formula is C23H19BrO7. The van der Waals surface area contributed by atoms with Gasteiger partial charge in [0.1, 0.15) is 17.2 Å². The number of Topliss-reactive ketones (excluding diaryl/α,β-unsaturated/α-hetero) is 1. The first-order valence-electron chi connectivity index (χ1n) is 9.95. The van der Waals surface area contributed by atoms with Gasteiger partial charge in [0, 0.05) is 27.8 Å². The first-order valence-corrected chi connectivity index (χ1v) is 10.7. The Morgan fingerprint density at radius 3 is 2.94 bits per heavy atom. The van der Waals surface area contributed by atoms with E-state index >= 15 is 0 Å². The largest absolute Gasteiger partial charge is 0.467 e. The Morgan fingerprint density at radius 1 is 1.26 bits per heavy atom. The number of carbonyl (C=O) groups is 2. The monoisotopic (exact) mass is 486 g/mol. The van der Waals surface area contributed by atoms with Crippen LogP contribution in [0.4, 0.5) is 0 Å². The molecule has 1 unspecified atom stereocenters. The van der Waals surface area contributed by atoms with Crippen molar-refractivity contribution in [1.82, 2.24) is 0 Å². The number of benzene rings is 2. The van der Waals surface area contributed by atoms with Gasteiger partial charge in [0.05, 0.1) is 12.2 Å². The zero-order chi connectivity index (χ0) is 21.5. The van der Waals surface area contributed by atoms with Crippen LogP contribution < -0.4 is 14.2 Å². The highest BCUT2D eigenvalue weighted by molar-refractivity contribution is 9.10. The van der Waals surface area contributed by atoms with E-state index in [0.29, 0.717) is 53.6 Å². The second-order valence-electron chi connectivity index (χ2n) is 7.52. The molecule has 0 bridgehead atoms. The summed E-state index contributed by atoms with van der Waals surface area (Å²) in [5.41, 5.74) is 2.61. The smallest absolute Gasteiger partial charge is 0.340 e. The fraction of sp³-hybridized carbons (Fsp3) is 0.304. The van der Waals surface area contributed by atoms with Gasteiger partial charge in [-0.15, -0.1) is 0 Å². The predicted octanol–water partition coefficient (Wildman–Crippen LogP) is 4.32. The number of hydrogen-bond donors (Lipinski definition) is 0. The van der Waals surface area contributed by atoms with E-state index in [1.54, 1.807) is 25.1 Å². The third kappa shape index (κ3) is 3.75. The molecule has 1 saturated heterocycles. The summed E-state index contributed by atoms with van der Waals surface area (Å²) in [6.07, 6.45) is 2.60. The molecule has 0 spiro atoms. The molecule has 3 aliphatic rings. The molecule has 5 rings (SSSR count). The molecule has 0 aliphatic carbocycles. The maximum absolute atomic E-state index is 13.0. The Kier molecular flexibility index (Phi) is 5.29. The van der Waals surface area contributed by atoms with Crippen LogP contribution in [-0.2, 0) is 20.9 Å². The second-order valence-corrected chi connectivity index (χ2v) is 8.44. The van der Waals surface area contributed by atoms with Crippen molar-refractivity contribution in [3.05, 3.63) is 56.8 Å². The molecule has 0 radical (unpaired) electrons. The lowest BCUT2D eigenvalue weighted by Crippen LogP contribution is -2.25. The maximum Gasteiger partial charge on any atom is 0.340 e. The minimum absolute atomic E-state index is 0.151. The highest BCUT2D eigenvalue weighted by atomic mass is 79.9. The number of rotatable bonds is 3. The van der Waals surface area contributed by atoms with E-state index in [1.165, 1.54) is 0 Å². The van der Waals surface area contributed by atoms with Gasteiger partial charge in [-0.2, -0.15) is 0 Å². The van der Waals surface area contributed by atoms with Crippen LogP contribution in [0.15, 0.2) is 34.5 Å². The van der Waals surface area contributed by atoms with Gasteiger partial charge in [-0.05, 0) is 50.1 Å². The summed E-state index contributed by atoms with van der Waals surface area (Å²) < 4.78 is 28.6. The lowest BCUT2D eigenvalue weighted by atomic mass is 10.0. The molecule has 3 aliphatic heterocycles. The third-order valence-corrected chi connectivity index (χ3v) is 5.89. The number of fused-ring (bicyclic) bond motifs is 2.